The summed E-state index contributed by atoms with van der Waals surface area (Å²) in [7, 11) is 1.94. The van der Waals surface area contributed by atoms with Crippen LogP contribution in [0.25, 0.3) is 0 Å². The molecule has 3 heteroatoms. The van der Waals surface area contributed by atoms with Crippen molar-refractivity contribution in [3.05, 3.63) is 29.8 Å². The third-order valence-corrected chi connectivity index (χ3v) is 2.40. The van der Waals surface area contributed by atoms with Gasteiger partial charge in [-0.05, 0) is 39.1 Å². The Morgan fingerprint density at radius 2 is 2.13 bits per heavy atom. The predicted molar refractivity (Wildman–Crippen MR) is 62.8 cm³/mol. The topological polar surface area (TPSA) is 47.8 Å². The third kappa shape index (κ3) is 3.61. The summed E-state index contributed by atoms with van der Waals surface area (Å²) >= 11 is 0. The molecule has 0 saturated carbocycles. The highest BCUT2D eigenvalue weighted by molar-refractivity contribution is 5.49. The monoisotopic (exact) mass is 203 g/mol. The van der Waals surface area contributed by atoms with Crippen molar-refractivity contribution >= 4 is 5.69 Å². The molecule has 0 saturated heterocycles. The molecular formula is C12H17N3. The molecule has 3 nitrogen and oxygen atoms in total. The normalized spacial score (nSPS) is 10.8. The molecule has 0 atom stereocenters. The summed E-state index contributed by atoms with van der Waals surface area (Å²) in [6.07, 6.45) is 0. The lowest BCUT2D eigenvalue weighted by molar-refractivity contribution is 0.448. The van der Waals surface area contributed by atoms with Gasteiger partial charge >= 0.3 is 0 Å². The summed E-state index contributed by atoms with van der Waals surface area (Å²) in [6, 6.07) is 9.62. The van der Waals surface area contributed by atoms with Gasteiger partial charge in [0.25, 0.3) is 0 Å². The van der Waals surface area contributed by atoms with Gasteiger partial charge in [0.15, 0.2) is 0 Å². The fourth-order valence-electron chi connectivity index (χ4n) is 1.11. The molecule has 0 heterocycles. The van der Waals surface area contributed by atoms with Crippen LogP contribution in [0.4, 0.5) is 5.69 Å². The molecule has 0 unspecified atom stereocenters. The number of nitrogens with zero attached hydrogens (tertiary/aromatic N) is 1. The van der Waals surface area contributed by atoms with Crippen molar-refractivity contribution in [2.45, 2.75) is 19.4 Å². The van der Waals surface area contributed by atoms with E-state index in [1.807, 2.05) is 25.2 Å². The number of nitrogens with one attached hydrogen (secondary N) is 2. The zero-order valence-corrected chi connectivity index (χ0v) is 9.46. The minimum Gasteiger partial charge on any atom is -0.383 e. The van der Waals surface area contributed by atoms with Crippen molar-refractivity contribution in [2.75, 3.05) is 18.9 Å². The summed E-state index contributed by atoms with van der Waals surface area (Å²) < 4.78 is 0. The summed E-state index contributed by atoms with van der Waals surface area (Å²) in [5.74, 6) is 0. The zero-order valence-electron chi connectivity index (χ0n) is 9.46. The van der Waals surface area contributed by atoms with E-state index in [4.69, 9.17) is 5.26 Å². The molecule has 0 fully saturated rings. The third-order valence-electron chi connectivity index (χ3n) is 2.40. The van der Waals surface area contributed by atoms with Crippen molar-refractivity contribution in [1.29, 1.82) is 5.26 Å². The number of hydrogen-bond donors (Lipinski definition) is 2. The van der Waals surface area contributed by atoms with Crippen molar-refractivity contribution in [1.82, 2.24) is 5.32 Å². The summed E-state index contributed by atoms with van der Waals surface area (Å²) in [5.41, 5.74) is 1.71. The fraction of sp³-hybridized carbons (Fsp3) is 0.417. The van der Waals surface area contributed by atoms with Gasteiger partial charge < -0.3 is 10.6 Å². The Balaban J connectivity index is 2.62. The number of hydrogen-bond acceptors (Lipinski definition) is 3. The Morgan fingerprint density at radius 3 is 2.73 bits per heavy atom. The molecule has 0 bridgehead atoms. The molecule has 80 valence electrons. The lowest BCUT2D eigenvalue weighted by Gasteiger charge is -2.24. The highest BCUT2D eigenvalue weighted by atomic mass is 15.0. The maximum absolute atomic E-state index is 8.75. The molecule has 0 spiro atoms. The molecule has 0 aliphatic rings. The van der Waals surface area contributed by atoms with E-state index in [-0.39, 0.29) is 5.54 Å². The second-order valence-electron chi connectivity index (χ2n) is 4.18. The van der Waals surface area contributed by atoms with E-state index in [0.717, 1.165) is 12.2 Å². The molecule has 0 amide bonds. The van der Waals surface area contributed by atoms with Crippen LogP contribution in [0.5, 0.6) is 0 Å². The molecule has 0 aliphatic carbocycles. The predicted octanol–water partition coefficient (Wildman–Crippen LogP) is 1.97. The largest absolute Gasteiger partial charge is 0.383 e. The average Bonchev–Trinajstić information content (AvgIpc) is 2.27. The van der Waals surface area contributed by atoms with E-state index >= 15 is 0 Å². The lowest BCUT2D eigenvalue weighted by atomic mass is 10.1. The standard InChI is InChI=1S/C12H17N3/c1-12(2,14-3)9-15-11-6-4-5-10(7-11)8-13/h4-7,14-15H,9H2,1-3H3. The lowest BCUT2D eigenvalue weighted by Crippen LogP contribution is -2.42. The van der Waals surface area contributed by atoms with Gasteiger partial charge in [0.05, 0.1) is 11.6 Å². The quantitative estimate of drug-likeness (QED) is 0.786. The van der Waals surface area contributed by atoms with Gasteiger partial charge in [0.2, 0.25) is 0 Å². The van der Waals surface area contributed by atoms with Crippen LogP contribution < -0.4 is 10.6 Å². The number of benzene rings is 1. The number of nitriles is 1. The Kier molecular flexibility index (Phi) is 3.70. The van der Waals surface area contributed by atoms with Gasteiger partial charge in [0.1, 0.15) is 0 Å². The van der Waals surface area contributed by atoms with Gasteiger partial charge in [-0.1, -0.05) is 6.07 Å². The highest BCUT2D eigenvalue weighted by Gasteiger charge is 2.13. The molecule has 2 N–H and O–H groups in total. The number of likely N-dealkylation sites (N-methyl/N-ethyl adjacent to an activating group) is 1. The van der Waals surface area contributed by atoms with E-state index < -0.39 is 0 Å². The van der Waals surface area contributed by atoms with Gasteiger partial charge in [-0.15, -0.1) is 0 Å². The van der Waals surface area contributed by atoms with E-state index in [1.54, 1.807) is 6.07 Å². The van der Waals surface area contributed by atoms with Crippen LogP contribution in [0.3, 0.4) is 0 Å². The summed E-state index contributed by atoms with van der Waals surface area (Å²) in [4.78, 5) is 0. The first-order valence-corrected chi connectivity index (χ1v) is 5.00. The van der Waals surface area contributed by atoms with Gasteiger partial charge in [-0.25, -0.2) is 0 Å². The number of anilines is 1. The van der Waals surface area contributed by atoms with Crippen LogP contribution in [0.15, 0.2) is 24.3 Å². The fourth-order valence-corrected chi connectivity index (χ4v) is 1.11. The first kappa shape index (κ1) is 11.5. The summed E-state index contributed by atoms with van der Waals surface area (Å²) in [6.45, 7) is 5.06. The minimum absolute atomic E-state index is 0.0443. The molecule has 0 aromatic heterocycles. The van der Waals surface area contributed by atoms with Crippen molar-refractivity contribution < 1.29 is 0 Å². The van der Waals surface area contributed by atoms with Gasteiger partial charge in [0, 0.05) is 17.8 Å². The zero-order chi connectivity index (χ0) is 11.3. The van der Waals surface area contributed by atoms with Gasteiger partial charge in [-0.3, -0.25) is 0 Å². The maximum atomic E-state index is 8.75. The first-order chi connectivity index (χ1) is 7.07. The second-order valence-corrected chi connectivity index (χ2v) is 4.18. The van der Waals surface area contributed by atoms with Crippen molar-refractivity contribution in [2.24, 2.45) is 0 Å². The number of rotatable bonds is 4. The second kappa shape index (κ2) is 4.81. The molecule has 1 aromatic carbocycles. The average molecular weight is 203 g/mol. The van der Waals surface area contributed by atoms with E-state index in [9.17, 15) is 0 Å². The summed E-state index contributed by atoms with van der Waals surface area (Å²) in [5, 5.41) is 15.3. The molecule has 0 radical (unpaired) electrons. The Morgan fingerprint density at radius 1 is 1.40 bits per heavy atom. The van der Waals surface area contributed by atoms with Gasteiger partial charge in [-0.2, -0.15) is 5.26 Å². The van der Waals surface area contributed by atoms with Crippen LogP contribution in [0, 0.1) is 11.3 Å². The molecule has 1 aromatic rings. The van der Waals surface area contributed by atoms with Crippen molar-refractivity contribution in [3.63, 3.8) is 0 Å². The van der Waals surface area contributed by atoms with Crippen molar-refractivity contribution in [3.8, 4) is 6.07 Å². The van der Waals surface area contributed by atoms with E-state index in [1.165, 1.54) is 0 Å². The molecule has 0 aliphatic heterocycles. The first-order valence-electron chi connectivity index (χ1n) is 5.00. The molecule has 15 heavy (non-hydrogen) atoms. The van der Waals surface area contributed by atoms with E-state index in [0.29, 0.717) is 5.56 Å². The minimum atomic E-state index is 0.0443. The molecule has 1 rings (SSSR count). The van der Waals surface area contributed by atoms with Crippen LogP contribution >= 0.6 is 0 Å². The molecular weight excluding hydrogens is 186 g/mol. The highest BCUT2D eigenvalue weighted by Crippen LogP contribution is 2.11. The van der Waals surface area contributed by atoms with Crippen LogP contribution in [0.2, 0.25) is 0 Å². The van der Waals surface area contributed by atoms with E-state index in [2.05, 4.69) is 30.6 Å². The Hall–Kier alpha value is -1.53. The van der Waals surface area contributed by atoms with Crippen LogP contribution in [-0.4, -0.2) is 19.1 Å². The maximum Gasteiger partial charge on any atom is 0.0992 e. The Bertz CT molecular complexity index is 363. The smallest absolute Gasteiger partial charge is 0.0992 e. The SMILES string of the molecule is CNC(C)(C)CNc1cccc(C#N)c1. The van der Waals surface area contributed by atoms with Crippen LogP contribution in [-0.2, 0) is 0 Å². The Labute approximate surface area is 91.1 Å². The van der Waals surface area contributed by atoms with Crippen LogP contribution in [0.1, 0.15) is 19.4 Å².